The Bertz CT molecular complexity index is 1340. The Morgan fingerprint density at radius 3 is 2.14 bits per heavy atom. The normalized spacial score (nSPS) is 14.3. The molecular formula is C34H39NO8. The highest BCUT2D eigenvalue weighted by Gasteiger charge is 2.30. The summed E-state index contributed by atoms with van der Waals surface area (Å²) in [6.45, 7) is 2.16. The minimum absolute atomic E-state index is 0.0475. The van der Waals surface area contributed by atoms with Crippen molar-refractivity contribution in [3.05, 3.63) is 89.5 Å². The maximum absolute atomic E-state index is 13.1. The van der Waals surface area contributed by atoms with E-state index < -0.39 is 11.9 Å². The van der Waals surface area contributed by atoms with E-state index in [9.17, 15) is 24.6 Å². The number of hydrogen-bond donors (Lipinski definition) is 2. The summed E-state index contributed by atoms with van der Waals surface area (Å²) in [6.07, 6.45) is 4.56. The first-order valence-electron chi connectivity index (χ1n) is 14.8. The summed E-state index contributed by atoms with van der Waals surface area (Å²) >= 11 is 0. The lowest BCUT2D eigenvalue weighted by atomic mass is 10.0. The van der Waals surface area contributed by atoms with E-state index in [1.54, 1.807) is 11.0 Å². The Morgan fingerprint density at radius 1 is 0.791 bits per heavy atom. The standard InChI is InChI=1S/C34H39NO8/c36-32(35-18-6-9-28(35)24-33(37)38)23-27-22-26(34(39)40)14-17-31(27)43-21-7-8-25-12-15-30(16-13-25)42-20-5-4-19-41-29-10-2-1-3-11-29/h1-3,10-17,22,28H,4-9,18-21,23-24H2,(H,37,38)(H,39,40). The number of aryl methyl sites for hydroxylation is 1. The molecule has 1 atom stereocenters. The SMILES string of the molecule is O=C(O)CC1CCCN1C(=O)Cc1cc(C(=O)O)ccc1OCCCc1ccc(OCCCCOc2ccccc2)cc1. The molecule has 4 rings (SSSR count). The number of carbonyl (C=O) groups excluding carboxylic acids is 1. The molecule has 1 heterocycles. The molecule has 1 saturated heterocycles. The molecule has 3 aromatic rings. The molecule has 0 aliphatic carbocycles. The van der Waals surface area contributed by atoms with E-state index >= 15 is 0 Å². The molecule has 9 heteroatoms. The van der Waals surface area contributed by atoms with E-state index in [1.807, 2.05) is 54.6 Å². The smallest absolute Gasteiger partial charge is 0.335 e. The van der Waals surface area contributed by atoms with E-state index in [2.05, 4.69) is 0 Å². The first kappa shape index (κ1) is 31.4. The number of rotatable bonds is 17. The molecule has 2 N–H and O–H groups in total. The second-order valence-corrected chi connectivity index (χ2v) is 10.6. The third-order valence-electron chi connectivity index (χ3n) is 7.37. The molecule has 0 radical (unpaired) electrons. The predicted octanol–water partition coefficient (Wildman–Crippen LogP) is 5.64. The molecule has 0 saturated carbocycles. The molecule has 228 valence electrons. The molecule has 0 spiro atoms. The Labute approximate surface area is 252 Å². The topological polar surface area (TPSA) is 123 Å². The van der Waals surface area contributed by atoms with Gasteiger partial charge in [-0.05, 0) is 86.6 Å². The van der Waals surface area contributed by atoms with Crippen LogP contribution in [0, 0.1) is 0 Å². The number of aliphatic carboxylic acids is 1. The minimum Gasteiger partial charge on any atom is -0.494 e. The van der Waals surface area contributed by atoms with Gasteiger partial charge in [0.15, 0.2) is 0 Å². The third-order valence-corrected chi connectivity index (χ3v) is 7.37. The van der Waals surface area contributed by atoms with Crippen molar-refractivity contribution in [2.24, 2.45) is 0 Å². The van der Waals surface area contributed by atoms with Crippen molar-refractivity contribution < 1.29 is 38.8 Å². The number of nitrogens with zero attached hydrogens (tertiary/aromatic N) is 1. The van der Waals surface area contributed by atoms with Crippen LogP contribution in [0.2, 0.25) is 0 Å². The molecule has 0 bridgehead atoms. The number of likely N-dealkylation sites (tertiary alicyclic amines) is 1. The molecule has 1 aliphatic heterocycles. The lowest BCUT2D eigenvalue weighted by Crippen LogP contribution is -2.37. The maximum Gasteiger partial charge on any atom is 0.335 e. The zero-order valence-electron chi connectivity index (χ0n) is 24.3. The molecule has 9 nitrogen and oxygen atoms in total. The number of para-hydroxylation sites is 1. The van der Waals surface area contributed by atoms with Gasteiger partial charge in [0.2, 0.25) is 5.91 Å². The molecule has 3 aromatic carbocycles. The van der Waals surface area contributed by atoms with Gasteiger partial charge < -0.3 is 29.3 Å². The Balaban J connectivity index is 1.20. The molecule has 43 heavy (non-hydrogen) atoms. The number of benzene rings is 3. The van der Waals surface area contributed by atoms with Crippen molar-refractivity contribution in [1.82, 2.24) is 4.90 Å². The number of amides is 1. The van der Waals surface area contributed by atoms with Gasteiger partial charge >= 0.3 is 11.9 Å². The zero-order valence-corrected chi connectivity index (χ0v) is 24.3. The van der Waals surface area contributed by atoms with Crippen molar-refractivity contribution in [3.63, 3.8) is 0 Å². The fourth-order valence-electron chi connectivity index (χ4n) is 5.15. The first-order chi connectivity index (χ1) is 20.9. The molecular weight excluding hydrogens is 550 g/mol. The van der Waals surface area contributed by atoms with Crippen LogP contribution in [-0.2, 0) is 22.4 Å². The first-order valence-corrected chi connectivity index (χ1v) is 14.8. The van der Waals surface area contributed by atoms with E-state index in [0.29, 0.717) is 44.1 Å². The summed E-state index contributed by atoms with van der Waals surface area (Å²) in [5.74, 6) is -0.0926. The third kappa shape index (κ3) is 10.1. The van der Waals surface area contributed by atoms with E-state index in [-0.39, 0.29) is 30.4 Å². The van der Waals surface area contributed by atoms with Gasteiger partial charge in [-0.2, -0.15) is 0 Å². The van der Waals surface area contributed by atoms with Gasteiger partial charge in [0, 0.05) is 18.2 Å². The van der Waals surface area contributed by atoms with Gasteiger partial charge in [-0.3, -0.25) is 9.59 Å². The lowest BCUT2D eigenvalue weighted by Gasteiger charge is -2.24. The van der Waals surface area contributed by atoms with Crippen LogP contribution in [0.5, 0.6) is 17.2 Å². The fourth-order valence-corrected chi connectivity index (χ4v) is 5.15. The molecule has 1 aliphatic rings. The number of carbonyl (C=O) groups is 3. The van der Waals surface area contributed by atoms with Gasteiger partial charge in [0.25, 0.3) is 0 Å². The van der Waals surface area contributed by atoms with Gasteiger partial charge in [0.05, 0.1) is 38.2 Å². The summed E-state index contributed by atoms with van der Waals surface area (Å²) in [6, 6.07) is 21.9. The summed E-state index contributed by atoms with van der Waals surface area (Å²) < 4.78 is 17.5. The maximum atomic E-state index is 13.1. The summed E-state index contributed by atoms with van der Waals surface area (Å²) in [7, 11) is 0. The highest BCUT2D eigenvalue weighted by atomic mass is 16.5. The van der Waals surface area contributed by atoms with Crippen LogP contribution in [0.4, 0.5) is 0 Å². The van der Waals surface area contributed by atoms with Crippen molar-refractivity contribution >= 4 is 17.8 Å². The molecule has 1 amide bonds. The second kappa shape index (κ2) is 16.2. The van der Waals surface area contributed by atoms with Crippen LogP contribution in [0.3, 0.4) is 0 Å². The quantitative estimate of drug-likeness (QED) is 0.194. The largest absolute Gasteiger partial charge is 0.494 e. The van der Waals surface area contributed by atoms with Crippen LogP contribution in [0.15, 0.2) is 72.8 Å². The van der Waals surface area contributed by atoms with E-state index in [1.165, 1.54) is 12.1 Å². The average Bonchev–Trinajstić information content (AvgIpc) is 3.46. The highest BCUT2D eigenvalue weighted by molar-refractivity contribution is 5.89. The zero-order chi connectivity index (χ0) is 30.4. The number of ether oxygens (including phenoxy) is 3. The lowest BCUT2D eigenvalue weighted by molar-refractivity contribution is -0.139. The summed E-state index contributed by atoms with van der Waals surface area (Å²) in [5.41, 5.74) is 1.70. The average molecular weight is 590 g/mol. The van der Waals surface area contributed by atoms with Crippen molar-refractivity contribution in [3.8, 4) is 17.2 Å². The van der Waals surface area contributed by atoms with E-state index in [0.717, 1.165) is 49.2 Å². The van der Waals surface area contributed by atoms with Crippen LogP contribution in [-0.4, -0.2) is 65.4 Å². The van der Waals surface area contributed by atoms with Gasteiger partial charge in [-0.15, -0.1) is 0 Å². The number of unbranched alkanes of at least 4 members (excludes halogenated alkanes) is 1. The fraction of sp³-hybridized carbons (Fsp3) is 0.382. The molecule has 0 aromatic heterocycles. The number of aromatic carboxylic acids is 1. The van der Waals surface area contributed by atoms with Crippen LogP contribution in [0.25, 0.3) is 0 Å². The number of carboxylic acid groups (broad SMARTS) is 2. The monoisotopic (exact) mass is 589 g/mol. The van der Waals surface area contributed by atoms with Crippen molar-refractivity contribution in [2.45, 2.75) is 57.4 Å². The van der Waals surface area contributed by atoms with Gasteiger partial charge in [-0.25, -0.2) is 4.79 Å². The van der Waals surface area contributed by atoms with Crippen molar-refractivity contribution in [2.75, 3.05) is 26.4 Å². The highest BCUT2D eigenvalue weighted by Crippen LogP contribution is 2.26. The van der Waals surface area contributed by atoms with Gasteiger partial charge in [-0.1, -0.05) is 30.3 Å². The van der Waals surface area contributed by atoms with Gasteiger partial charge in [0.1, 0.15) is 17.2 Å². The Morgan fingerprint density at radius 2 is 1.47 bits per heavy atom. The van der Waals surface area contributed by atoms with Crippen LogP contribution in [0.1, 0.15) is 60.0 Å². The number of hydrogen-bond acceptors (Lipinski definition) is 6. The Hall–Kier alpha value is -4.53. The van der Waals surface area contributed by atoms with Crippen molar-refractivity contribution in [1.29, 1.82) is 0 Å². The minimum atomic E-state index is -1.09. The summed E-state index contributed by atoms with van der Waals surface area (Å²) in [4.78, 5) is 37.4. The summed E-state index contributed by atoms with van der Waals surface area (Å²) in [5, 5.41) is 18.6. The van der Waals surface area contributed by atoms with Crippen LogP contribution >= 0.6 is 0 Å². The number of carboxylic acids is 2. The Kier molecular flexibility index (Phi) is 11.8. The second-order valence-electron chi connectivity index (χ2n) is 10.6. The predicted molar refractivity (Wildman–Crippen MR) is 161 cm³/mol. The van der Waals surface area contributed by atoms with E-state index in [4.69, 9.17) is 14.2 Å². The van der Waals surface area contributed by atoms with Crippen LogP contribution < -0.4 is 14.2 Å². The molecule has 1 fully saturated rings. The molecule has 1 unspecified atom stereocenters.